The molecule has 1 aromatic rings. The van der Waals surface area contributed by atoms with E-state index in [1.807, 2.05) is 51.1 Å². The summed E-state index contributed by atoms with van der Waals surface area (Å²) in [6.45, 7) is 7.79. The summed E-state index contributed by atoms with van der Waals surface area (Å²) >= 11 is 0. The summed E-state index contributed by atoms with van der Waals surface area (Å²) in [7, 11) is 0. The topological polar surface area (TPSA) is 118 Å². The average molecular weight is 571 g/mol. The molecule has 0 bridgehead atoms. The summed E-state index contributed by atoms with van der Waals surface area (Å²) in [5.74, 6) is -1.91. The van der Waals surface area contributed by atoms with Crippen molar-refractivity contribution in [1.29, 1.82) is 0 Å². The van der Waals surface area contributed by atoms with Gasteiger partial charge in [-0.3, -0.25) is 9.59 Å². The van der Waals surface area contributed by atoms with Gasteiger partial charge in [0, 0.05) is 55.5 Å². The van der Waals surface area contributed by atoms with Gasteiger partial charge < -0.3 is 20.7 Å². The quantitative estimate of drug-likeness (QED) is 0.530. The van der Waals surface area contributed by atoms with Crippen molar-refractivity contribution in [3.63, 3.8) is 0 Å². The maximum atomic E-state index is 11.5. The molecule has 2 atom stereocenters. The van der Waals surface area contributed by atoms with Crippen LogP contribution in [0.2, 0.25) is 0 Å². The second-order valence-corrected chi connectivity index (χ2v) is 8.14. The van der Waals surface area contributed by atoms with Gasteiger partial charge in [-0.2, -0.15) is 36.4 Å². The minimum absolute atomic E-state index is 0. The molecule has 3 rings (SSSR count). The van der Waals surface area contributed by atoms with Crippen molar-refractivity contribution in [2.45, 2.75) is 34.1 Å². The molecule has 1 heterocycles. The molecule has 171 valence electrons. The number of allylic oxidation sites excluding steroid dienone is 2. The Kier molecular flexibility index (Phi) is 12.6. The molecule has 8 heteroatoms. The van der Waals surface area contributed by atoms with E-state index in [2.05, 4.69) is 16.6 Å². The molecule has 7 nitrogen and oxygen atoms in total. The third kappa shape index (κ3) is 10.3. The molecule has 31 heavy (non-hydrogen) atoms. The van der Waals surface area contributed by atoms with Gasteiger partial charge in [-0.25, -0.2) is 4.79 Å². The van der Waals surface area contributed by atoms with Crippen LogP contribution in [0.25, 0.3) is 5.43 Å². The van der Waals surface area contributed by atoms with Gasteiger partial charge in [0.15, 0.2) is 0 Å². The minimum atomic E-state index is -1.08. The zero-order valence-corrected chi connectivity index (χ0v) is 20.2. The van der Waals surface area contributed by atoms with Crippen LogP contribution in [0.15, 0.2) is 59.2 Å². The third-order valence-corrected chi connectivity index (χ3v) is 4.37. The van der Waals surface area contributed by atoms with Crippen LogP contribution in [0.1, 0.15) is 34.1 Å². The van der Waals surface area contributed by atoms with E-state index in [9.17, 15) is 14.4 Å². The van der Waals surface area contributed by atoms with Crippen LogP contribution in [0.3, 0.4) is 0 Å². The molecule has 0 amide bonds. The van der Waals surface area contributed by atoms with Crippen molar-refractivity contribution in [1.82, 2.24) is 0 Å². The summed E-state index contributed by atoms with van der Waals surface area (Å²) in [6, 6.07) is 12.5. The zero-order valence-electron chi connectivity index (χ0n) is 18.0. The summed E-state index contributed by atoms with van der Waals surface area (Å²) in [4.78, 5) is 32.9. The Balaban J connectivity index is 0.000000454. The third-order valence-electron chi connectivity index (χ3n) is 4.37. The predicted octanol–water partition coefficient (Wildman–Crippen LogP) is 4.13. The number of rotatable bonds is 3. The second kappa shape index (κ2) is 13.5. The number of nitrogens with zero attached hydrogens (tertiary/aromatic N) is 2. The first-order chi connectivity index (χ1) is 14.0. The predicted molar refractivity (Wildman–Crippen MR) is 115 cm³/mol. The van der Waals surface area contributed by atoms with E-state index >= 15 is 0 Å². The van der Waals surface area contributed by atoms with Crippen LogP contribution in [0, 0.1) is 61.4 Å². The largest absolute Gasteiger partial charge is 0.601 e. The van der Waals surface area contributed by atoms with Crippen molar-refractivity contribution in [3.8, 4) is 0 Å². The smallest absolute Gasteiger partial charge is 0.331 e. The molecule has 2 unspecified atom stereocenters. The Hall–Kier alpha value is -1.93. The Morgan fingerprint density at radius 2 is 1.77 bits per heavy atom. The first kappa shape index (κ1) is 29.1. The van der Waals surface area contributed by atoms with Gasteiger partial charge in [-0.1, -0.05) is 39.0 Å². The number of aliphatic carboxylic acids is 2. The number of carboxylic acid groups (broad SMARTS) is 2. The number of benzene rings is 1. The first-order valence-electron chi connectivity index (χ1n) is 9.48. The molecular weight excluding hydrogens is 543 g/mol. The van der Waals surface area contributed by atoms with Crippen LogP contribution >= 0.6 is 0 Å². The van der Waals surface area contributed by atoms with Crippen LogP contribution in [-0.4, -0.2) is 40.7 Å². The molecular formula is C23H28N2O5Tb-2. The minimum Gasteiger partial charge on any atom is -0.601 e. The Bertz CT molecular complexity index is 801. The number of hydrogen-bond acceptors (Lipinski definition) is 4. The number of carbonyl (C=O) groups excluding carboxylic acids is 1. The van der Waals surface area contributed by atoms with E-state index in [1.54, 1.807) is 6.21 Å². The number of Topliss-reactive ketones (excluding diaryl/α,β-unsaturated/α-hetero) is 1. The standard InChI is InChI=1S/C9H10O4.C8H13N2O.C6H5.Tb/c1-9(8(12)13)4-2-3-6(5-9)7(10)11;1-8(2,3)7(11)6-4-9-10-5-6;1-2-4-6-5-3-1;/h2-4H,5H2,1H3,(H,10,11)(H,12,13);4,6H,5H2,1-3H3;1-5H;/q;2*-1;. The van der Waals surface area contributed by atoms with Crippen molar-refractivity contribution >= 4 is 23.9 Å². The molecule has 1 aliphatic heterocycles. The van der Waals surface area contributed by atoms with E-state index in [-0.39, 0.29) is 67.7 Å². The molecule has 2 N–H and O–H groups in total. The van der Waals surface area contributed by atoms with Gasteiger partial charge in [0.2, 0.25) is 0 Å². The molecule has 0 fully saturated rings. The maximum absolute atomic E-state index is 11.5. The van der Waals surface area contributed by atoms with E-state index in [4.69, 9.17) is 10.2 Å². The van der Waals surface area contributed by atoms with E-state index in [0.29, 0.717) is 6.54 Å². The molecule has 0 saturated heterocycles. The molecule has 2 aliphatic rings. The fourth-order valence-electron chi connectivity index (χ4n) is 2.54. The van der Waals surface area contributed by atoms with Crippen molar-refractivity contribution in [3.05, 3.63) is 65.6 Å². The van der Waals surface area contributed by atoms with Crippen molar-refractivity contribution < 1.29 is 63.2 Å². The van der Waals surface area contributed by atoms with Gasteiger partial charge >= 0.3 is 11.9 Å². The SMILES string of the molecule is CC(C)(C)C(=O)C1C=N[N-]C1.CC1(C(=O)O)C=CC=C(C(=O)O)C1.[Tb].[c-]1ccccc1. The van der Waals surface area contributed by atoms with Gasteiger partial charge in [0.05, 0.1) is 5.41 Å². The number of carbonyl (C=O) groups is 3. The van der Waals surface area contributed by atoms with E-state index in [1.165, 1.54) is 25.2 Å². The van der Waals surface area contributed by atoms with Crippen LogP contribution < -0.4 is 0 Å². The zero-order chi connectivity index (χ0) is 22.8. The Labute approximate surface area is 214 Å². The van der Waals surface area contributed by atoms with Crippen LogP contribution in [0.5, 0.6) is 0 Å². The van der Waals surface area contributed by atoms with E-state index < -0.39 is 17.4 Å². The molecule has 1 aliphatic carbocycles. The number of ketones is 1. The number of hydrogen-bond donors (Lipinski definition) is 2. The average Bonchev–Trinajstić information content (AvgIpc) is 3.23. The fourth-order valence-corrected chi connectivity index (χ4v) is 2.54. The van der Waals surface area contributed by atoms with Crippen molar-refractivity contribution in [2.75, 3.05) is 6.54 Å². The van der Waals surface area contributed by atoms with Crippen LogP contribution in [0.4, 0.5) is 0 Å². The van der Waals surface area contributed by atoms with E-state index in [0.717, 1.165) is 0 Å². The molecule has 1 radical (unpaired) electrons. The van der Waals surface area contributed by atoms with Crippen molar-refractivity contribution in [2.24, 2.45) is 21.8 Å². The summed E-state index contributed by atoms with van der Waals surface area (Å²) in [6.07, 6.45) is 6.07. The maximum Gasteiger partial charge on any atom is 0.331 e. The summed E-state index contributed by atoms with van der Waals surface area (Å²) < 4.78 is 0. The molecule has 0 saturated carbocycles. The Morgan fingerprint density at radius 3 is 2.13 bits per heavy atom. The fraction of sp³-hybridized carbons (Fsp3) is 0.391. The first-order valence-corrected chi connectivity index (χ1v) is 9.48. The molecule has 0 spiro atoms. The van der Waals surface area contributed by atoms with Gasteiger partial charge in [0.1, 0.15) is 5.78 Å². The monoisotopic (exact) mass is 571 g/mol. The van der Waals surface area contributed by atoms with Gasteiger partial charge in [-0.15, -0.1) is 6.54 Å². The normalized spacial score (nSPS) is 21.0. The number of carboxylic acids is 2. The van der Waals surface area contributed by atoms with Crippen LogP contribution in [-0.2, 0) is 14.4 Å². The molecule has 1 aromatic carbocycles. The summed E-state index contributed by atoms with van der Waals surface area (Å²) in [5.41, 5.74) is 2.53. The van der Waals surface area contributed by atoms with Gasteiger partial charge in [0.25, 0.3) is 0 Å². The molecule has 0 aromatic heterocycles. The Morgan fingerprint density at radius 1 is 1.16 bits per heavy atom. The summed E-state index contributed by atoms with van der Waals surface area (Å²) in [5, 5.41) is 21.2. The van der Waals surface area contributed by atoms with Gasteiger partial charge in [-0.05, 0) is 19.6 Å². The second-order valence-electron chi connectivity index (χ2n) is 8.14.